The molecule has 7 heteroatoms. The quantitative estimate of drug-likeness (QED) is 0.412. The standard InChI is InChI=1S/C24H45N3O4/c1-18(2)14-16-27(31)24(30)20(4)10-11-21-17-19(3)9-7-5-6-8-15-25-22(28)12-13-23(29)26-21/h18-21,31H,5-17H2,1-4H3,(H,25,28)(H,26,29)/t19-,20?,21+/m1/s1. The predicted molar refractivity (Wildman–Crippen MR) is 122 cm³/mol. The van der Waals surface area contributed by atoms with Gasteiger partial charge in [-0.2, -0.15) is 0 Å². The summed E-state index contributed by atoms with van der Waals surface area (Å²) in [5.74, 6) is 0.174. The lowest BCUT2D eigenvalue weighted by Gasteiger charge is -2.25. The minimum Gasteiger partial charge on any atom is -0.356 e. The van der Waals surface area contributed by atoms with Crippen molar-refractivity contribution in [2.75, 3.05) is 13.1 Å². The Morgan fingerprint density at radius 2 is 1.74 bits per heavy atom. The van der Waals surface area contributed by atoms with E-state index in [9.17, 15) is 19.6 Å². The first kappa shape index (κ1) is 27.4. The summed E-state index contributed by atoms with van der Waals surface area (Å²) >= 11 is 0. The highest BCUT2D eigenvalue weighted by molar-refractivity contribution is 5.83. The van der Waals surface area contributed by atoms with Crippen LogP contribution in [0.15, 0.2) is 0 Å². The van der Waals surface area contributed by atoms with Crippen molar-refractivity contribution in [1.82, 2.24) is 15.7 Å². The van der Waals surface area contributed by atoms with Gasteiger partial charge in [-0.05, 0) is 43.9 Å². The molecule has 1 unspecified atom stereocenters. The Morgan fingerprint density at radius 3 is 2.45 bits per heavy atom. The Labute approximate surface area is 188 Å². The fourth-order valence-electron chi connectivity index (χ4n) is 3.99. The van der Waals surface area contributed by atoms with Crippen molar-refractivity contribution in [1.29, 1.82) is 0 Å². The van der Waals surface area contributed by atoms with Gasteiger partial charge in [-0.25, -0.2) is 5.06 Å². The van der Waals surface area contributed by atoms with Crippen LogP contribution >= 0.6 is 0 Å². The third-order valence-electron chi connectivity index (χ3n) is 6.12. The number of carbonyl (C=O) groups is 3. The van der Waals surface area contributed by atoms with Crippen LogP contribution in [0.4, 0.5) is 0 Å². The second-order valence-electron chi connectivity index (χ2n) is 9.78. The smallest absolute Gasteiger partial charge is 0.248 e. The monoisotopic (exact) mass is 439 g/mol. The maximum Gasteiger partial charge on any atom is 0.248 e. The first-order chi connectivity index (χ1) is 14.7. The largest absolute Gasteiger partial charge is 0.356 e. The number of nitrogens with zero attached hydrogens (tertiary/aromatic N) is 1. The van der Waals surface area contributed by atoms with Crippen molar-refractivity contribution in [2.45, 2.75) is 104 Å². The van der Waals surface area contributed by atoms with E-state index in [2.05, 4.69) is 31.4 Å². The van der Waals surface area contributed by atoms with Gasteiger partial charge in [0.2, 0.25) is 17.7 Å². The third kappa shape index (κ3) is 12.7. The van der Waals surface area contributed by atoms with Crippen molar-refractivity contribution in [3.05, 3.63) is 0 Å². The second kappa shape index (κ2) is 15.2. The third-order valence-corrected chi connectivity index (χ3v) is 6.12. The maximum absolute atomic E-state index is 12.4. The average Bonchev–Trinajstić information content (AvgIpc) is 2.72. The zero-order valence-corrected chi connectivity index (χ0v) is 20.1. The molecule has 0 aromatic carbocycles. The molecule has 0 saturated carbocycles. The molecule has 31 heavy (non-hydrogen) atoms. The van der Waals surface area contributed by atoms with Gasteiger partial charge in [-0.15, -0.1) is 0 Å². The molecular weight excluding hydrogens is 394 g/mol. The van der Waals surface area contributed by atoms with E-state index in [0.29, 0.717) is 37.8 Å². The number of nitrogens with one attached hydrogen (secondary N) is 2. The molecule has 0 aliphatic carbocycles. The molecular formula is C24H45N3O4. The number of hydrogen-bond donors (Lipinski definition) is 3. The van der Waals surface area contributed by atoms with Crippen molar-refractivity contribution >= 4 is 17.7 Å². The van der Waals surface area contributed by atoms with E-state index < -0.39 is 0 Å². The molecule has 1 aliphatic rings. The predicted octanol–water partition coefficient (Wildman–Crippen LogP) is 4.04. The Morgan fingerprint density at radius 1 is 1.06 bits per heavy atom. The fourth-order valence-corrected chi connectivity index (χ4v) is 3.99. The van der Waals surface area contributed by atoms with Gasteiger partial charge < -0.3 is 10.6 Å². The maximum atomic E-state index is 12.4. The number of hydroxylamine groups is 2. The molecule has 1 rings (SSSR count). The number of amides is 3. The average molecular weight is 440 g/mol. The molecule has 180 valence electrons. The van der Waals surface area contributed by atoms with Gasteiger partial charge in [-0.1, -0.05) is 53.4 Å². The SMILES string of the molecule is CC(C)CCN(O)C(=O)C(C)CC[C@H]1C[C@H](C)CCCCCCNC(=O)CCC(=O)N1. The van der Waals surface area contributed by atoms with Crippen LogP contribution in [0, 0.1) is 17.8 Å². The summed E-state index contributed by atoms with van der Waals surface area (Å²) in [4.78, 5) is 36.8. The highest BCUT2D eigenvalue weighted by Gasteiger charge is 2.23. The Kier molecular flexibility index (Phi) is 13.5. The molecule has 7 nitrogen and oxygen atoms in total. The molecule has 0 spiro atoms. The van der Waals surface area contributed by atoms with Gasteiger partial charge in [-0.3, -0.25) is 19.6 Å². The van der Waals surface area contributed by atoms with Gasteiger partial charge in [0.25, 0.3) is 0 Å². The van der Waals surface area contributed by atoms with Gasteiger partial charge in [0.05, 0.1) is 0 Å². The van der Waals surface area contributed by atoms with Crippen LogP contribution in [0.3, 0.4) is 0 Å². The van der Waals surface area contributed by atoms with E-state index in [1.165, 1.54) is 0 Å². The van der Waals surface area contributed by atoms with Gasteiger partial charge >= 0.3 is 0 Å². The summed E-state index contributed by atoms with van der Waals surface area (Å²) in [6, 6.07) is -0.0197. The summed E-state index contributed by atoms with van der Waals surface area (Å²) in [7, 11) is 0. The lowest BCUT2D eigenvalue weighted by atomic mass is 9.91. The fraction of sp³-hybridized carbons (Fsp3) is 0.875. The summed E-state index contributed by atoms with van der Waals surface area (Å²) in [6.45, 7) is 9.21. The Hall–Kier alpha value is -1.63. The van der Waals surface area contributed by atoms with E-state index in [0.717, 1.165) is 50.0 Å². The molecule has 1 saturated heterocycles. The van der Waals surface area contributed by atoms with Crippen molar-refractivity contribution in [3.8, 4) is 0 Å². The number of carbonyl (C=O) groups excluding carboxylic acids is 3. The molecule has 3 amide bonds. The first-order valence-corrected chi connectivity index (χ1v) is 12.2. The van der Waals surface area contributed by atoms with Crippen LogP contribution in [0.25, 0.3) is 0 Å². The molecule has 1 aliphatic heterocycles. The molecule has 0 bridgehead atoms. The van der Waals surface area contributed by atoms with E-state index >= 15 is 0 Å². The molecule has 3 N–H and O–H groups in total. The van der Waals surface area contributed by atoms with Gasteiger partial charge in [0.15, 0.2) is 0 Å². The van der Waals surface area contributed by atoms with Crippen LogP contribution in [0.1, 0.15) is 98.3 Å². The molecule has 1 fully saturated rings. The number of hydrogen-bond acceptors (Lipinski definition) is 4. The minimum atomic E-state index is -0.299. The van der Waals surface area contributed by atoms with Crippen LogP contribution < -0.4 is 10.6 Å². The summed E-state index contributed by atoms with van der Waals surface area (Å²) < 4.78 is 0. The van der Waals surface area contributed by atoms with Crippen LogP contribution in [0.2, 0.25) is 0 Å². The van der Waals surface area contributed by atoms with Gasteiger partial charge in [0.1, 0.15) is 0 Å². The Balaban J connectivity index is 2.63. The van der Waals surface area contributed by atoms with Gasteiger partial charge in [0, 0.05) is 37.9 Å². The summed E-state index contributed by atoms with van der Waals surface area (Å²) in [5, 5.41) is 16.9. The van der Waals surface area contributed by atoms with Crippen molar-refractivity contribution in [3.63, 3.8) is 0 Å². The second-order valence-corrected chi connectivity index (χ2v) is 9.78. The van der Waals surface area contributed by atoms with Crippen LogP contribution in [-0.2, 0) is 14.4 Å². The lowest BCUT2D eigenvalue weighted by Crippen LogP contribution is -2.38. The minimum absolute atomic E-state index is 0.0197. The molecule has 0 radical (unpaired) electrons. The van der Waals surface area contributed by atoms with Crippen molar-refractivity contribution in [2.24, 2.45) is 17.8 Å². The van der Waals surface area contributed by atoms with E-state index in [1.54, 1.807) is 0 Å². The van der Waals surface area contributed by atoms with Crippen LogP contribution in [0.5, 0.6) is 0 Å². The molecule has 0 aromatic rings. The zero-order chi connectivity index (χ0) is 23.2. The lowest BCUT2D eigenvalue weighted by molar-refractivity contribution is -0.170. The molecule has 3 atom stereocenters. The topological polar surface area (TPSA) is 98.7 Å². The highest BCUT2D eigenvalue weighted by atomic mass is 16.5. The van der Waals surface area contributed by atoms with E-state index in [1.807, 2.05) is 6.92 Å². The molecule has 1 heterocycles. The Bertz CT molecular complexity index is 553. The first-order valence-electron chi connectivity index (χ1n) is 12.2. The summed E-state index contributed by atoms with van der Waals surface area (Å²) in [5.41, 5.74) is 0. The van der Waals surface area contributed by atoms with Crippen LogP contribution in [-0.4, -0.2) is 47.1 Å². The molecule has 0 aromatic heterocycles. The number of rotatable bonds is 7. The highest BCUT2D eigenvalue weighted by Crippen LogP contribution is 2.20. The zero-order valence-electron chi connectivity index (χ0n) is 20.1. The normalized spacial score (nSPS) is 23.3. The van der Waals surface area contributed by atoms with E-state index in [4.69, 9.17) is 0 Å². The van der Waals surface area contributed by atoms with E-state index in [-0.39, 0.29) is 42.5 Å². The summed E-state index contributed by atoms with van der Waals surface area (Å²) in [6.07, 6.45) is 8.85. The van der Waals surface area contributed by atoms with Crippen molar-refractivity contribution < 1.29 is 19.6 Å².